The summed E-state index contributed by atoms with van der Waals surface area (Å²) in [5.41, 5.74) is 0.534. The van der Waals surface area contributed by atoms with E-state index >= 15 is 0 Å². The first-order valence-electron chi connectivity index (χ1n) is 10.7. The number of hydrogen-bond acceptors (Lipinski definition) is 1. The highest BCUT2D eigenvalue weighted by Crippen LogP contribution is 2.40. The molecule has 0 heterocycles. The minimum Gasteiger partial charge on any atom is -0.159 e. The molecule has 0 spiro atoms. The van der Waals surface area contributed by atoms with Gasteiger partial charge in [0.15, 0.2) is 0 Å². The Kier molecular flexibility index (Phi) is 11.8. The van der Waals surface area contributed by atoms with Gasteiger partial charge < -0.3 is 0 Å². The third-order valence-electron chi connectivity index (χ3n) is 5.75. The molecule has 1 fully saturated rings. The van der Waals surface area contributed by atoms with E-state index in [0.717, 1.165) is 11.2 Å². The van der Waals surface area contributed by atoms with Gasteiger partial charge in [-0.15, -0.1) is 0 Å². The van der Waals surface area contributed by atoms with Crippen LogP contribution in [0, 0.1) is 11.3 Å². The van der Waals surface area contributed by atoms with Crippen LogP contribution in [0.15, 0.2) is 0 Å². The zero-order chi connectivity index (χ0) is 17.0. The summed E-state index contributed by atoms with van der Waals surface area (Å²) in [4.78, 5) is 0. The first kappa shape index (κ1) is 21.4. The minimum atomic E-state index is 0.534. The van der Waals surface area contributed by atoms with Crippen molar-refractivity contribution in [3.05, 3.63) is 0 Å². The van der Waals surface area contributed by atoms with Crippen molar-refractivity contribution in [2.45, 2.75) is 123 Å². The Labute approximate surface area is 152 Å². The summed E-state index contributed by atoms with van der Waals surface area (Å²) in [6.45, 7) is 9.58. The molecule has 138 valence electrons. The van der Waals surface area contributed by atoms with E-state index in [9.17, 15) is 0 Å². The Morgan fingerprint density at radius 1 is 0.696 bits per heavy atom. The third-order valence-corrected chi connectivity index (χ3v) is 7.22. The van der Waals surface area contributed by atoms with E-state index in [-0.39, 0.29) is 0 Å². The molecule has 0 aromatic carbocycles. The van der Waals surface area contributed by atoms with Crippen LogP contribution in [0.1, 0.15) is 118 Å². The van der Waals surface area contributed by atoms with E-state index in [1.54, 1.807) is 0 Å². The highest BCUT2D eigenvalue weighted by Gasteiger charge is 2.29. The van der Waals surface area contributed by atoms with Crippen molar-refractivity contribution in [3.8, 4) is 0 Å². The molecule has 0 nitrogen and oxygen atoms in total. The fourth-order valence-electron chi connectivity index (χ4n) is 3.94. The zero-order valence-corrected chi connectivity index (χ0v) is 17.5. The number of thioether (sulfide) groups is 1. The topological polar surface area (TPSA) is 0 Å². The predicted molar refractivity (Wildman–Crippen MR) is 110 cm³/mol. The van der Waals surface area contributed by atoms with Gasteiger partial charge in [-0.2, -0.15) is 11.8 Å². The van der Waals surface area contributed by atoms with Gasteiger partial charge in [0.2, 0.25) is 0 Å². The lowest BCUT2D eigenvalue weighted by atomic mass is 9.72. The Bertz CT molecular complexity index is 258. The van der Waals surface area contributed by atoms with Crippen molar-refractivity contribution >= 4 is 11.8 Å². The van der Waals surface area contributed by atoms with Crippen LogP contribution >= 0.6 is 11.8 Å². The van der Waals surface area contributed by atoms with Crippen LogP contribution in [-0.2, 0) is 0 Å². The predicted octanol–water partition coefficient (Wildman–Crippen LogP) is 8.25. The molecule has 1 aliphatic carbocycles. The maximum absolute atomic E-state index is 2.43. The van der Waals surface area contributed by atoms with E-state index in [4.69, 9.17) is 0 Å². The normalized spacial score (nSPS) is 22.4. The lowest BCUT2D eigenvalue weighted by Crippen LogP contribution is -2.26. The van der Waals surface area contributed by atoms with Crippen LogP contribution in [0.4, 0.5) is 0 Å². The van der Waals surface area contributed by atoms with Crippen LogP contribution in [0.25, 0.3) is 0 Å². The van der Waals surface area contributed by atoms with Gasteiger partial charge in [-0.1, -0.05) is 85.5 Å². The van der Waals surface area contributed by atoms with Crippen molar-refractivity contribution in [1.29, 1.82) is 0 Å². The molecule has 1 aliphatic rings. The molecule has 1 heteroatoms. The fraction of sp³-hybridized carbons (Fsp3) is 1.00. The second kappa shape index (κ2) is 12.7. The van der Waals surface area contributed by atoms with Crippen molar-refractivity contribution in [2.75, 3.05) is 5.75 Å². The molecule has 1 saturated carbocycles. The Balaban J connectivity index is 1.85. The van der Waals surface area contributed by atoms with Crippen LogP contribution in [0.2, 0.25) is 0 Å². The molecule has 0 amide bonds. The molecular weight excluding hydrogens is 296 g/mol. The standard InChI is InChI=1S/C22H44S/c1-5-6-7-8-9-10-11-12-13-14-19-23-21-17-15-20(16-18-21)22(2,3)4/h20-21H,5-19H2,1-4H3. The SMILES string of the molecule is CCCCCCCCCCCCSC1CCC(C(C)(C)C)CC1. The molecule has 0 radical (unpaired) electrons. The minimum absolute atomic E-state index is 0.534. The quantitative estimate of drug-likeness (QED) is 0.322. The first-order chi connectivity index (χ1) is 11.0. The van der Waals surface area contributed by atoms with Gasteiger partial charge in [0, 0.05) is 5.25 Å². The van der Waals surface area contributed by atoms with Crippen LogP contribution in [0.5, 0.6) is 0 Å². The van der Waals surface area contributed by atoms with Gasteiger partial charge in [0.05, 0.1) is 0 Å². The van der Waals surface area contributed by atoms with Crippen molar-refractivity contribution in [3.63, 3.8) is 0 Å². The summed E-state index contributed by atoms with van der Waals surface area (Å²) in [6.07, 6.45) is 20.5. The average Bonchev–Trinajstić information content (AvgIpc) is 2.52. The van der Waals surface area contributed by atoms with Gasteiger partial charge in [-0.25, -0.2) is 0 Å². The van der Waals surface area contributed by atoms with Crippen molar-refractivity contribution in [1.82, 2.24) is 0 Å². The monoisotopic (exact) mass is 340 g/mol. The van der Waals surface area contributed by atoms with Gasteiger partial charge in [0.1, 0.15) is 0 Å². The molecule has 0 aliphatic heterocycles. The van der Waals surface area contributed by atoms with Gasteiger partial charge in [-0.05, 0) is 49.2 Å². The molecule has 0 saturated heterocycles. The number of unbranched alkanes of at least 4 members (excludes halogenated alkanes) is 9. The lowest BCUT2D eigenvalue weighted by molar-refractivity contribution is 0.182. The summed E-state index contributed by atoms with van der Waals surface area (Å²) < 4.78 is 0. The zero-order valence-electron chi connectivity index (χ0n) is 16.7. The van der Waals surface area contributed by atoms with Crippen LogP contribution in [-0.4, -0.2) is 11.0 Å². The molecule has 0 aromatic heterocycles. The highest BCUT2D eigenvalue weighted by atomic mass is 32.2. The smallest absolute Gasteiger partial charge is 0.00472 e. The number of hydrogen-bond donors (Lipinski definition) is 0. The largest absolute Gasteiger partial charge is 0.159 e. The summed E-state index contributed by atoms with van der Waals surface area (Å²) in [7, 11) is 0. The molecule has 0 bridgehead atoms. The van der Waals surface area contributed by atoms with E-state index in [1.807, 2.05) is 0 Å². The van der Waals surface area contributed by atoms with E-state index in [0.29, 0.717) is 5.41 Å². The molecule has 0 aromatic rings. The Morgan fingerprint density at radius 2 is 1.17 bits per heavy atom. The molecule has 0 N–H and O–H groups in total. The van der Waals surface area contributed by atoms with Crippen molar-refractivity contribution < 1.29 is 0 Å². The fourth-order valence-corrected chi connectivity index (χ4v) is 5.24. The van der Waals surface area contributed by atoms with Crippen molar-refractivity contribution in [2.24, 2.45) is 11.3 Å². The van der Waals surface area contributed by atoms with Crippen LogP contribution < -0.4 is 0 Å². The van der Waals surface area contributed by atoms with E-state index in [2.05, 4.69) is 39.5 Å². The second-order valence-corrected chi connectivity index (χ2v) is 10.3. The Hall–Kier alpha value is 0.350. The molecule has 1 rings (SSSR count). The first-order valence-corrected chi connectivity index (χ1v) is 11.7. The summed E-state index contributed by atoms with van der Waals surface area (Å²) in [6, 6.07) is 0. The maximum atomic E-state index is 2.43. The van der Waals surface area contributed by atoms with E-state index in [1.165, 1.54) is 95.6 Å². The third kappa shape index (κ3) is 10.7. The summed E-state index contributed by atoms with van der Waals surface area (Å²) >= 11 is 2.29. The van der Waals surface area contributed by atoms with E-state index < -0.39 is 0 Å². The molecule has 0 unspecified atom stereocenters. The van der Waals surface area contributed by atoms with Gasteiger partial charge in [-0.3, -0.25) is 0 Å². The molecule has 0 atom stereocenters. The molecule has 23 heavy (non-hydrogen) atoms. The van der Waals surface area contributed by atoms with Crippen LogP contribution in [0.3, 0.4) is 0 Å². The lowest BCUT2D eigenvalue weighted by Gasteiger charge is -2.36. The molecular formula is C22H44S. The van der Waals surface area contributed by atoms with Gasteiger partial charge in [0.25, 0.3) is 0 Å². The maximum Gasteiger partial charge on any atom is 0.00472 e. The number of rotatable bonds is 12. The van der Waals surface area contributed by atoms with Gasteiger partial charge >= 0.3 is 0 Å². The average molecular weight is 341 g/mol. The highest BCUT2D eigenvalue weighted by molar-refractivity contribution is 7.99. The Morgan fingerprint density at radius 3 is 1.65 bits per heavy atom. The summed E-state index contributed by atoms with van der Waals surface area (Å²) in [5.74, 6) is 2.39. The summed E-state index contributed by atoms with van der Waals surface area (Å²) in [5, 5.41) is 0.979. The second-order valence-electron chi connectivity index (χ2n) is 8.89.